The quantitative estimate of drug-likeness (QED) is 0.351. The first kappa shape index (κ1) is 28.9. The van der Waals surface area contributed by atoms with Gasteiger partial charge in [0.05, 0.1) is 21.5 Å². The zero-order valence-electron chi connectivity index (χ0n) is 21.1. The lowest BCUT2D eigenvalue weighted by atomic mass is 10.1. The molecular weight excluding hydrogens is 533 g/mol. The third kappa shape index (κ3) is 7.02. The van der Waals surface area contributed by atoms with Crippen molar-refractivity contribution in [1.82, 2.24) is 14.5 Å². The number of halogens is 2. The van der Waals surface area contributed by atoms with Crippen LogP contribution in [0.2, 0.25) is 10.0 Å². The summed E-state index contributed by atoms with van der Waals surface area (Å²) in [6.07, 6.45) is 1.10. The van der Waals surface area contributed by atoms with Crippen LogP contribution >= 0.6 is 23.2 Å². The second-order valence-corrected chi connectivity index (χ2v) is 11.6. The molecule has 0 aromatic heterocycles. The normalized spacial score (nSPS) is 12.5. The fraction of sp³-hybridized carbons (Fsp3) is 0.333. The van der Waals surface area contributed by atoms with E-state index in [0.29, 0.717) is 28.6 Å². The summed E-state index contributed by atoms with van der Waals surface area (Å²) in [5.74, 6) is -0.797. The van der Waals surface area contributed by atoms with E-state index in [1.165, 1.54) is 18.0 Å². The molecular formula is C27H31Cl2N3O4S. The van der Waals surface area contributed by atoms with Gasteiger partial charge in [0, 0.05) is 20.1 Å². The number of hydrogen-bond donors (Lipinski definition) is 1. The number of benzene rings is 3. The first-order valence-corrected chi connectivity index (χ1v) is 14.2. The van der Waals surface area contributed by atoms with E-state index >= 15 is 0 Å². The van der Waals surface area contributed by atoms with Crippen molar-refractivity contribution < 1.29 is 18.0 Å². The van der Waals surface area contributed by atoms with Crippen molar-refractivity contribution in [3.63, 3.8) is 0 Å². The topological polar surface area (TPSA) is 86.8 Å². The number of nitrogens with zero attached hydrogens (tertiary/aromatic N) is 2. The van der Waals surface area contributed by atoms with Gasteiger partial charge in [0.15, 0.2) is 0 Å². The molecule has 2 amide bonds. The van der Waals surface area contributed by atoms with Gasteiger partial charge < -0.3 is 10.2 Å². The molecule has 0 radical (unpaired) electrons. The molecule has 0 spiro atoms. The number of sulfonamides is 1. The lowest BCUT2D eigenvalue weighted by molar-refractivity contribution is -0.141. The fourth-order valence-electron chi connectivity index (χ4n) is 3.99. The van der Waals surface area contributed by atoms with Crippen molar-refractivity contribution >= 4 is 55.8 Å². The summed E-state index contributed by atoms with van der Waals surface area (Å²) in [7, 11) is -2.61. The molecule has 7 nitrogen and oxygen atoms in total. The van der Waals surface area contributed by atoms with Crippen LogP contribution in [-0.4, -0.2) is 55.6 Å². The number of fused-ring (bicyclic) bond motifs is 1. The molecule has 0 aliphatic heterocycles. The number of carbonyl (C=O) groups excluding carboxylic acids is 2. The number of amides is 2. The second kappa shape index (κ2) is 12.7. The molecule has 0 fully saturated rings. The van der Waals surface area contributed by atoms with Gasteiger partial charge in [-0.3, -0.25) is 9.59 Å². The van der Waals surface area contributed by atoms with Crippen molar-refractivity contribution in [2.75, 3.05) is 20.1 Å². The molecule has 0 saturated heterocycles. The third-order valence-corrected chi connectivity index (χ3v) is 8.60. The Kier molecular flexibility index (Phi) is 9.95. The standard InChI is InChI=1S/C27H31Cl2N3O4S/c1-4-14-30-27(34)25(5-2)32(17-19-10-13-23(28)24(29)15-19)26(33)18-31(3)37(35,36)22-12-11-20-8-6-7-9-21(20)16-22/h6-13,15-16,25H,4-5,14,17-18H2,1-3H3,(H,30,34)/t25-/m1/s1. The molecule has 0 saturated carbocycles. The van der Waals surface area contributed by atoms with Crippen LogP contribution in [-0.2, 0) is 26.2 Å². The molecule has 0 unspecified atom stereocenters. The van der Waals surface area contributed by atoms with Crippen LogP contribution in [0.4, 0.5) is 0 Å². The molecule has 198 valence electrons. The average molecular weight is 565 g/mol. The lowest BCUT2D eigenvalue weighted by Gasteiger charge is -2.32. The first-order chi connectivity index (χ1) is 17.6. The van der Waals surface area contributed by atoms with E-state index in [0.717, 1.165) is 21.5 Å². The maximum atomic E-state index is 13.6. The number of nitrogens with one attached hydrogen (secondary N) is 1. The van der Waals surface area contributed by atoms with Crippen LogP contribution in [0.15, 0.2) is 65.6 Å². The Balaban J connectivity index is 1.89. The summed E-state index contributed by atoms with van der Waals surface area (Å²) >= 11 is 12.2. The predicted octanol–water partition coefficient (Wildman–Crippen LogP) is 5.10. The second-order valence-electron chi connectivity index (χ2n) is 8.76. The maximum absolute atomic E-state index is 13.6. The van der Waals surface area contributed by atoms with Crippen molar-refractivity contribution in [3.8, 4) is 0 Å². The largest absolute Gasteiger partial charge is 0.354 e. The van der Waals surface area contributed by atoms with Gasteiger partial charge in [-0.25, -0.2) is 8.42 Å². The Morgan fingerprint density at radius 2 is 1.65 bits per heavy atom. The van der Waals surface area contributed by atoms with Gasteiger partial charge in [-0.1, -0.05) is 73.4 Å². The molecule has 1 atom stereocenters. The molecule has 1 N–H and O–H groups in total. The predicted molar refractivity (Wildman–Crippen MR) is 148 cm³/mol. The van der Waals surface area contributed by atoms with Gasteiger partial charge in [0.25, 0.3) is 0 Å². The van der Waals surface area contributed by atoms with E-state index in [1.54, 1.807) is 37.3 Å². The van der Waals surface area contributed by atoms with E-state index in [9.17, 15) is 18.0 Å². The fourth-order valence-corrected chi connectivity index (χ4v) is 5.47. The molecule has 0 aliphatic rings. The van der Waals surface area contributed by atoms with Gasteiger partial charge in [-0.05, 0) is 53.4 Å². The van der Waals surface area contributed by atoms with Crippen LogP contribution in [0.1, 0.15) is 32.3 Å². The Hall–Kier alpha value is -2.65. The highest BCUT2D eigenvalue weighted by molar-refractivity contribution is 7.89. The zero-order chi connectivity index (χ0) is 27.2. The molecule has 3 rings (SSSR count). The summed E-state index contributed by atoms with van der Waals surface area (Å²) in [5.41, 5.74) is 0.671. The molecule has 37 heavy (non-hydrogen) atoms. The minimum absolute atomic E-state index is 0.0671. The summed E-state index contributed by atoms with van der Waals surface area (Å²) in [4.78, 5) is 28.0. The summed E-state index contributed by atoms with van der Waals surface area (Å²) < 4.78 is 27.7. The Bertz CT molecular complexity index is 1380. The highest BCUT2D eigenvalue weighted by Gasteiger charge is 2.31. The zero-order valence-corrected chi connectivity index (χ0v) is 23.4. The Labute approximate surface area is 228 Å². The molecule has 0 heterocycles. The Morgan fingerprint density at radius 3 is 2.30 bits per heavy atom. The lowest BCUT2D eigenvalue weighted by Crippen LogP contribution is -2.51. The van der Waals surface area contributed by atoms with E-state index in [1.807, 2.05) is 31.2 Å². The van der Waals surface area contributed by atoms with Gasteiger partial charge in [-0.2, -0.15) is 4.31 Å². The number of hydrogen-bond acceptors (Lipinski definition) is 4. The molecule has 0 bridgehead atoms. The highest BCUT2D eigenvalue weighted by Crippen LogP contribution is 2.25. The minimum atomic E-state index is -3.96. The van der Waals surface area contributed by atoms with Crippen LogP contribution in [0, 0.1) is 0 Å². The minimum Gasteiger partial charge on any atom is -0.354 e. The molecule has 10 heteroatoms. The van der Waals surface area contributed by atoms with Crippen LogP contribution in [0.3, 0.4) is 0 Å². The van der Waals surface area contributed by atoms with Crippen molar-refractivity contribution in [2.45, 2.75) is 44.2 Å². The summed E-state index contributed by atoms with van der Waals surface area (Å²) in [5, 5.41) is 5.23. The number of carbonyl (C=O) groups is 2. The van der Waals surface area contributed by atoms with E-state index in [2.05, 4.69) is 5.32 Å². The van der Waals surface area contributed by atoms with Gasteiger partial charge in [-0.15, -0.1) is 0 Å². The van der Waals surface area contributed by atoms with Crippen LogP contribution < -0.4 is 5.32 Å². The SMILES string of the molecule is CCCNC(=O)[C@@H](CC)N(Cc1ccc(Cl)c(Cl)c1)C(=O)CN(C)S(=O)(=O)c1ccc2ccccc2c1. The van der Waals surface area contributed by atoms with Gasteiger partial charge in [0.1, 0.15) is 6.04 Å². The first-order valence-electron chi connectivity index (χ1n) is 12.0. The summed E-state index contributed by atoms with van der Waals surface area (Å²) in [6.45, 7) is 3.85. The average Bonchev–Trinajstić information content (AvgIpc) is 2.88. The Morgan fingerprint density at radius 1 is 0.946 bits per heavy atom. The van der Waals surface area contributed by atoms with Gasteiger partial charge >= 0.3 is 0 Å². The van der Waals surface area contributed by atoms with Crippen LogP contribution in [0.25, 0.3) is 10.8 Å². The molecule has 0 aliphatic carbocycles. The smallest absolute Gasteiger partial charge is 0.243 e. The van der Waals surface area contributed by atoms with Gasteiger partial charge in [0.2, 0.25) is 21.8 Å². The van der Waals surface area contributed by atoms with Crippen molar-refractivity contribution in [2.24, 2.45) is 0 Å². The van der Waals surface area contributed by atoms with E-state index < -0.39 is 28.5 Å². The monoisotopic (exact) mass is 563 g/mol. The number of likely N-dealkylation sites (N-methyl/N-ethyl adjacent to an activating group) is 1. The van der Waals surface area contributed by atoms with Crippen molar-refractivity contribution in [3.05, 3.63) is 76.3 Å². The maximum Gasteiger partial charge on any atom is 0.243 e. The number of rotatable bonds is 11. The van der Waals surface area contributed by atoms with Crippen LogP contribution in [0.5, 0.6) is 0 Å². The molecule has 3 aromatic carbocycles. The van der Waals surface area contributed by atoms with Crippen molar-refractivity contribution in [1.29, 1.82) is 0 Å². The highest BCUT2D eigenvalue weighted by atomic mass is 35.5. The third-order valence-electron chi connectivity index (χ3n) is 6.06. The molecule has 3 aromatic rings. The summed E-state index contributed by atoms with van der Waals surface area (Å²) in [6, 6.07) is 16.5. The van der Waals surface area contributed by atoms with E-state index in [4.69, 9.17) is 23.2 Å². The van der Waals surface area contributed by atoms with E-state index in [-0.39, 0.29) is 17.3 Å².